The lowest BCUT2D eigenvalue weighted by atomic mass is 10.2. The van der Waals surface area contributed by atoms with E-state index in [2.05, 4.69) is 21.2 Å². The molecule has 0 heterocycles. The summed E-state index contributed by atoms with van der Waals surface area (Å²) in [4.78, 5) is 24.0. The molecule has 0 aliphatic rings. The van der Waals surface area contributed by atoms with E-state index in [-0.39, 0.29) is 18.1 Å². The van der Waals surface area contributed by atoms with Crippen molar-refractivity contribution in [3.05, 3.63) is 34.3 Å². The van der Waals surface area contributed by atoms with Gasteiger partial charge in [-0.25, -0.2) is 9.59 Å². The standard InChI is InChI=1S/C17H24BrNO5S/c1-5-23-15(20)14(19-16(21)24-17(2,3)4)11-25(22)10-12-8-6-7-9-13(12)18/h6-9,14H,5,10-11H2,1-4H3,(H,19,21)/t14-,25+/m0/s1. The normalized spacial score (nSPS) is 13.6. The summed E-state index contributed by atoms with van der Waals surface area (Å²) in [6.45, 7) is 6.99. The number of amides is 1. The minimum atomic E-state index is -1.38. The summed E-state index contributed by atoms with van der Waals surface area (Å²) in [5.74, 6) is -0.430. The number of benzene rings is 1. The Bertz CT molecular complexity index is 630. The van der Waals surface area contributed by atoms with Crippen LogP contribution in [0.1, 0.15) is 33.3 Å². The molecule has 0 saturated heterocycles. The van der Waals surface area contributed by atoms with Gasteiger partial charge in [-0.1, -0.05) is 34.1 Å². The summed E-state index contributed by atoms with van der Waals surface area (Å²) in [5, 5.41) is 2.45. The van der Waals surface area contributed by atoms with Crippen LogP contribution in [0.3, 0.4) is 0 Å². The first-order chi connectivity index (χ1) is 11.6. The van der Waals surface area contributed by atoms with Gasteiger partial charge in [0.15, 0.2) is 0 Å². The number of alkyl carbamates (subject to hydrolysis) is 1. The van der Waals surface area contributed by atoms with E-state index < -0.39 is 34.5 Å². The third kappa shape index (κ3) is 8.49. The van der Waals surface area contributed by atoms with Crippen molar-refractivity contribution in [1.29, 1.82) is 0 Å². The number of hydrogen-bond donors (Lipinski definition) is 1. The Kier molecular flexibility index (Phi) is 8.58. The quantitative estimate of drug-likeness (QED) is 0.667. The summed E-state index contributed by atoms with van der Waals surface area (Å²) in [5.41, 5.74) is 0.165. The van der Waals surface area contributed by atoms with Gasteiger partial charge in [0.2, 0.25) is 0 Å². The molecule has 0 radical (unpaired) electrons. The number of rotatable bonds is 7. The lowest BCUT2D eigenvalue weighted by molar-refractivity contribution is -0.145. The second-order valence-corrected chi connectivity index (χ2v) is 8.65. The average molecular weight is 434 g/mol. The van der Waals surface area contributed by atoms with Gasteiger partial charge in [-0.3, -0.25) is 4.21 Å². The molecule has 1 aromatic carbocycles. The molecule has 0 saturated carbocycles. The van der Waals surface area contributed by atoms with Crippen LogP contribution in [-0.4, -0.2) is 40.3 Å². The van der Waals surface area contributed by atoms with Gasteiger partial charge < -0.3 is 14.8 Å². The molecule has 0 bridgehead atoms. The second-order valence-electron chi connectivity index (χ2n) is 6.29. The first-order valence-corrected chi connectivity index (χ1v) is 10.1. The Hall–Kier alpha value is -1.41. The van der Waals surface area contributed by atoms with Crippen molar-refractivity contribution in [2.24, 2.45) is 0 Å². The fourth-order valence-corrected chi connectivity index (χ4v) is 3.81. The van der Waals surface area contributed by atoms with Gasteiger partial charge in [-0.05, 0) is 39.3 Å². The van der Waals surface area contributed by atoms with Crippen LogP contribution in [-0.2, 0) is 30.8 Å². The molecule has 140 valence electrons. The molecular weight excluding hydrogens is 410 g/mol. The van der Waals surface area contributed by atoms with Crippen molar-refractivity contribution in [2.75, 3.05) is 12.4 Å². The highest BCUT2D eigenvalue weighted by molar-refractivity contribution is 9.10. The van der Waals surface area contributed by atoms with E-state index in [1.54, 1.807) is 27.7 Å². The molecule has 1 amide bonds. The summed E-state index contributed by atoms with van der Waals surface area (Å²) < 4.78 is 23.4. The third-order valence-corrected chi connectivity index (χ3v) is 5.00. The summed E-state index contributed by atoms with van der Waals surface area (Å²) in [6, 6.07) is 6.39. The number of carbonyl (C=O) groups excluding carboxylic acids is 2. The third-order valence-electron chi connectivity index (χ3n) is 2.89. The fourth-order valence-electron chi connectivity index (χ4n) is 1.90. The van der Waals surface area contributed by atoms with Crippen LogP contribution in [0.4, 0.5) is 4.79 Å². The maximum Gasteiger partial charge on any atom is 0.408 e. The highest BCUT2D eigenvalue weighted by Gasteiger charge is 2.27. The summed E-state index contributed by atoms with van der Waals surface area (Å²) in [7, 11) is -1.38. The van der Waals surface area contributed by atoms with Gasteiger partial charge in [0.25, 0.3) is 0 Å². The van der Waals surface area contributed by atoms with Gasteiger partial charge in [0, 0.05) is 21.0 Å². The van der Waals surface area contributed by atoms with Crippen molar-refractivity contribution < 1.29 is 23.3 Å². The highest BCUT2D eigenvalue weighted by Crippen LogP contribution is 2.18. The number of ether oxygens (including phenoxy) is 2. The van der Waals surface area contributed by atoms with Crippen molar-refractivity contribution in [1.82, 2.24) is 5.32 Å². The minimum absolute atomic E-state index is 0.0561. The SMILES string of the molecule is CCOC(=O)[C@H](C[S@](=O)Cc1ccccc1Br)NC(=O)OC(C)(C)C. The van der Waals surface area contributed by atoms with Crippen molar-refractivity contribution >= 4 is 38.8 Å². The first kappa shape index (κ1) is 21.6. The molecule has 1 N–H and O–H groups in total. The van der Waals surface area contributed by atoms with Crippen molar-refractivity contribution in [3.8, 4) is 0 Å². The predicted molar refractivity (Wildman–Crippen MR) is 101 cm³/mol. The van der Waals surface area contributed by atoms with Crippen LogP contribution in [0.5, 0.6) is 0 Å². The maximum atomic E-state index is 12.4. The Balaban J connectivity index is 2.76. The van der Waals surface area contributed by atoms with Crippen LogP contribution < -0.4 is 5.32 Å². The number of carbonyl (C=O) groups is 2. The van der Waals surface area contributed by atoms with Crippen LogP contribution in [0.15, 0.2) is 28.7 Å². The summed E-state index contributed by atoms with van der Waals surface area (Å²) in [6.07, 6.45) is -0.747. The van der Waals surface area contributed by atoms with Crippen LogP contribution in [0.25, 0.3) is 0 Å². The zero-order chi connectivity index (χ0) is 19.0. The van der Waals surface area contributed by atoms with Crippen molar-refractivity contribution in [3.63, 3.8) is 0 Å². The van der Waals surface area contributed by atoms with Crippen LogP contribution in [0.2, 0.25) is 0 Å². The molecular formula is C17H24BrNO5S. The van der Waals surface area contributed by atoms with Gasteiger partial charge >= 0.3 is 12.1 Å². The maximum absolute atomic E-state index is 12.4. The van der Waals surface area contributed by atoms with E-state index in [4.69, 9.17) is 9.47 Å². The van der Waals surface area contributed by atoms with Gasteiger partial charge in [-0.15, -0.1) is 0 Å². The van der Waals surface area contributed by atoms with E-state index >= 15 is 0 Å². The highest BCUT2D eigenvalue weighted by atomic mass is 79.9. The molecule has 0 aromatic heterocycles. The molecule has 0 aliphatic heterocycles. The molecule has 1 aromatic rings. The number of esters is 1. The van der Waals surface area contributed by atoms with Gasteiger partial charge in [0.1, 0.15) is 11.6 Å². The molecule has 0 spiro atoms. The Morgan fingerprint density at radius 3 is 2.48 bits per heavy atom. The molecule has 8 heteroatoms. The van der Waals surface area contributed by atoms with E-state index in [9.17, 15) is 13.8 Å². The molecule has 6 nitrogen and oxygen atoms in total. The largest absolute Gasteiger partial charge is 0.464 e. The average Bonchev–Trinajstić information content (AvgIpc) is 2.47. The van der Waals surface area contributed by atoms with Gasteiger partial charge in [0.05, 0.1) is 12.4 Å². The molecule has 1 rings (SSSR count). The van der Waals surface area contributed by atoms with E-state index in [1.165, 1.54) is 0 Å². The Morgan fingerprint density at radius 2 is 1.92 bits per heavy atom. The van der Waals surface area contributed by atoms with Crippen molar-refractivity contribution in [2.45, 2.75) is 45.1 Å². The monoisotopic (exact) mass is 433 g/mol. The van der Waals surface area contributed by atoms with Crippen LogP contribution >= 0.6 is 15.9 Å². The molecule has 0 unspecified atom stereocenters. The predicted octanol–water partition coefficient (Wildman–Crippen LogP) is 3.15. The lowest BCUT2D eigenvalue weighted by Crippen LogP contribution is -2.47. The molecule has 0 aliphatic carbocycles. The molecule has 0 fully saturated rings. The van der Waals surface area contributed by atoms with E-state index in [0.29, 0.717) is 0 Å². The van der Waals surface area contributed by atoms with E-state index in [1.807, 2.05) is 24.3 Å². The minimum Gasteiger partial charge on any atom is -0.464 e. The number of nitrogens with one attached hydrogen (secondary N) is 1. The molecule has 25 heavy (non-hydrogen) atoms. The summed E-state index contributed by atoms with van der Waals surface area (Å²) >= 11 is 3.40. The second kappa shape index (κ2) is 9.91. The zero-order valence-electron chi connectivity index (χ0n) is 14.8. The first-order valence-electron chi connectivity index (χ1n) is 7.87. The number of halogens is 1. The van der Waals surface area contributed by atoms with Crippen LogP contribution in [0, 0.1) is 0 Å². The Labute approximate surface area is 159 Å². The van der Waals surface area contributed by atoms with Gasteiger partial charge in [-0.2, -0.15) is 0 Å². The topological polar surface area (TPSA) is 81.7 Å². The lowest BCUT2D eigenvalue weighted by Gasteiger charge is -2.22. The zero-order valence-corrected chi connectivity index (χ0v) is 17.2. The van der Waals surface area contributed by atoms with E-state index in [0.717, 1.165) is 10.0 Å². The Morgan fingerprint density at radius 1 is 1.28 bits per heavy atom. The number of hydrogen-bond acceptors (Lipinski definition) is 5. The fraction of sp³-hybridized carbons (Fsp3) is 0.529. The molecule has 2 atom stereocenters. The smallest absolute Gasteiger partial charge is 0.408 e.